The molecule has 1 aromatic rings. The van der Waals surface area contributed by atoms with Gasteiger partial charge in [0.1, 0.15) is 6.29 Å². The third kappa shape index (κ3) is 5.30. The van der Waals surface area contributed by atoms with Gasteiger partial charge in [-0.05, 0) is 76.3 Å². The van der Waals surface area contributed by atoms with E-state index in [4.69, 9.17) is 0 Å². The van der Waals surface area contributed by atoms with Crippen LogP contribution in [-0.2, 0) is 4.79 Å². The van der Waals surface area contributed by atoms with E-state index in [0.717, 1.165) is 70.4 Å². The molecule has 5 heterocycles. The number of carbonyl (C=O) groups excluding carboxylic acids is 1. The van der Waals surface area contributed by atoms with Crippen molar-refractivity contribution in [2.75, 3.05) is 49.5 Å². The first kappa shape index (κ1) is 26.0. The summed E-state index contributed by atoms with van der Waals surface area (Å²) in [6.45, 7) is 7.34. The fourth-order valence-corrected chi connectivity index (χ4v) is 6.77. The molecule has 5 unspecified atom stereocenters. The first-order valence-electron chi connectivity index (χ1n) is 14.5. The summed E-state index contributed by atoms with van der Waals surface area (Å²) in [6.07, 6.45) is 9.52. The Morgan fingerprint density at radius 1 is 1.05 bits per heavy atom. The van der Waals surface area contributed by atoms with Gasteiger partial charge in [-0.25, -0.2) is 0 Å². The predicted octanol–water partition coefficient (Wildman–Crippen LogP) is 0.945. The Bertz CT molecular complexity index is 993. The van der Waals surface area contributed by atoms with Crippen molar-refractivity contribution in [2.24, 2.45) is 5.92 Å². The monoisotopic (exact) mass is 524 g/mol. The van der Waals surface area contributed by atoms with Crippen molar-refractivity contribution in [3.63, 3.8) is 0 Å². The van der Waals surface area contributed by atoms with Crippen molar-refractivity contribution in [1.82, 2.24) is 31.3 Å². The molecule has 0 aliphatic carbocycles. The molecule has 6 atom stereocenters. The number of carbonyl (C=O) groups is 1. The molecule has 5 aliphatic heterocycles. The number of hydrazine groups is 1. The average molecular weight is 525 g/mol. The van der Waals surface area contributed by atoms with Crippen molar-refractivity contribution in [2.45, 2.75) is 75.7 Å². The van der Waals surface area contributed by atoms with Crippen LogP contribution in [0.4, 0.5) is 11.4 Å². The Hall–Kier alpha value is -2.21. The van der Waals surface area contributed by atoms with Gasteiger partial charge in [0, 0.05) is 43.6 Å². The lowest BCUT2D eigenvalue weighted by Crippen LogP contribution is -2.69. The summed E-state index contributed by atoms with van der Waals surface area (Å²) in [7, 11) is 0. The minimum atomic E-state index is -0.775. The number of piperidine rings is 1. The first-order valence-corrected chi connectivity index (χ1v) is 14.5. The zero-order valence-corrected chi connectivity index (χ0v) is 22.5. The van der Waals surface area contributed by atoms with Gasteiger partial charge in [0.25, 0.3) is 0 Å². The van der Waals surface area contributed by atoms with Crippen molar-refractivity contribution in [1.29, 1.82) is 0 Å². The number of fused-ring (bicyclic) bond motifs is 6. The highest BCUT2D eigenvalue weighted by Gasteiger charge is 2.52. The molecule has 10 nitrogen and oxygen atoms in total. The number of anilines is 2. The Kier molecular flexibility index (Phi) is 7.61. The molecule has 208 valence electrons. The lowest BCUT2D eigenvalue weighted by Gasteiger charge is -2.47. The summed E-state index contributed by atoms with van der Waals surface area (Å²) in [4.78, 5) is 16.0. The number of nitrogens with one attached hydrogen (secondary N) is 5. The Balaban J connectivity index is 1.17. The lowest BCUT2D eigenvalue weighted by molar-refractivity contribution is -0.146. The second-order valence-electron chi connectivity index (χ2n) is 11.7. The van der Waals surface area contributed by atoms with Crippen molar-refractivity contribution in [3.05, 3.63) is 36.4 Å². The number of allylic oxidation sites excluding steroid dienone is 1. The minimum absolute atomic E-state index is 0.000627. The number of rotatable bonds is 3. The molecule has 4 fully saturated rings. The fourth-order valence-electron chi connectivity index (χ4n) is 6.77. The summed E-state index contributed by atoms with van der Waals surface area (Å²) in [5, 5.41) is 33.4. The van der Waals surface area contributed by atoms with Crippen LogP contribution in [0.3, 0.4) is 0 Å². The van der Waals surface area contributed by atoms with Gasteiger partial charge in [0.15, 0.2) is 0 Å². The molecule has 38 heavy (non-hydrogen) atoms. The SMILES string of the molecule is C[C@@]1(O)CC/C=C\CN2C(=O)C3CNC(Nc4ccc(N5CCCNCC5)cc4)NC3N2C2CCCC1N2. The molecule has 1 amide bonds. The predicted molar refractivity (Wildman–Crippen MR) is 149 cm³/mol. The quantitative estimate of drug-likeness (QED) is 0.322. The standard InChI is InChI=1S/C28H44N8O2/c1-28(38)13-3-2-4-17-35-26(37)22-19-30-27(33-25(22)36(35)24-8-5-7-23(28)32-24)31-20-9-11-21(12-10-20)34-16-6-14-29-15-18-34/h2,4,9-12,22-25,27,29-33,38H,3,5-8,13-19H2,1H3/b4-2-/t22?,23?,24?,25?,27?,28-/m1/s1. The van der Waals surface area contributed by atoms with Gasteiger partial charge in [0.05, 0.1) is 30.4 Å². The maximum atomic E-state index is 13.6. The lowest BCUT2D eigenvalue weighted by atomic mass is 9.85. The topological polar surface area (TPSA) is 107 Å². The van der Waals surface area contributed by atoms with Gasteiger partial charge < -0.3 is 20.6 Å². The fraction of sp³-hybridized carbons (Fsp3) is 0.679. The van der Waals surface area contributed by atoms with E-state index in [9.17, 15) is 9.90 Å². The Morgan fingerprint density at radius 3 is 2.79 bits per heavy atom. The summed E-state index contributed by atoms with van der Waals surface area (Å²) >= 11 is 0. The first-order chi connectivity index (χ1) is 18.5. The minimum Gasteiger partial charge on any atom is -0.389 e. The average Bonchev–Trinajstić information content (AvgIpc) is 3.08. The van der Waals surface area contributed by atoms with E-state index in [1.54, 1.807) is 0 Å². The molecule has 0 radical (unpaired) electrons. The van der Waals surface area contributed by atoms with E-state index >= 15 is 0 Å². The molecule has 10 heteroatoms. The van der Waals surface area contributed by atoms with Gasteiger partial charge in [0.2, 0.25) is 5.91 Å². The largest absolute Gasteiger partial charge is 0.389 e. The van der Waals surface area contributed by atoms with Gasteiger partial charge >= 0.3 is 0 Å². The molecule has 1 aromatic carbocycles. The zero-order chi connectivity index (χ0) is 26.1. The molecule has 5 aliphatic rings. The number of nitrogens with zero attached hydrogens (tertiary/aromatic N) is 3. The third-order valence-electron chi connectivity index (χ3n) is 8.98. The number of hydrogen-bond donors (Lipinski definition) is 6. The van der Waals surface area contributed by atoms with Crippen LogP contribution in [0.5, 0.6) is 0 Å². The maximum absolute atomic E-state index is 13.6. The molecular formula is C28H44N8O2. The number of benzene rings is 1. The van der Waals surface area contributed by atoms with Gasteiger partial charge in [-0.2, -0.15) is 5.01 Å². The summed E-state index contributed by atoms with van der Waals surface area (Å²) < 4.78 is 0. The zero-order valence-electron chi connectivity index (χ0n) is 22.5. The van der Waals surface area contributed by atoms with Crippen LogP contribution in [0, 0.1) is 5.92 Å². The Morgan fingerprint density at radius 2 is 1.92 bits per heavy atom. The molecule has 2 bridgehead atoms. The van der Waals surface area contributed by atoms with Gasteiger partial charge in [-0.1, -0.05) is 12.2 Å². The highest BCUT2D eigenvalue weighted by molar-refractivity contribution is 5.82. The molecule has 0 aromatic heterocycles. The van der Waals surface area contributed by atoms with Crippen LogP contribution in [0.15, 0.2) is 36.4 Å². The Labute approximate surface area is 226 Å². The second-order valence-corrected chi connectivity index (χ2v) is 11.7. The van der Waals surface area contributed by atoms with Gasteiger partial charge in [-0.3, -0.25) is 25.8 Å². The molecular weight excluding hydrogens is 480 g/mol. The highest BCUT2D eigenvalue weighted by Crippen LogP contribution is 2.34. The molecule has 0 saturated carbocycles. The number of amides is 1. The number of hydrogen-bond acceptors (Lipinski definition) is 9. The van der Waals surface area contributed by atoms with Crippen molar-refractivity contribution in [3.8, 4) is 0 Å². The molecule has 4 saturated heterocycles. The molecule has 6 rings (SSSR count). The number of aliphatic hydroxyl groups is 1. The van der Waals surface area contributed by atoms with Crippen molar-refractivity contribution < 1.29 is 9.90 Å². The summed E-state index contributed by atoms with van der Waals surface area (Å²) in [5.41, 5.74) is 1.52. The van der Waals surface area contributed by atoms with Crippen LogP contribution in [0.25, 0.3) is 0 Å². The molecule has 0 spiro atoms. The van der Waals surface area contributed by atoms with E-state index in [1.807, 2.05) is 11.9 Å². The van der Waals surface area contributed by atoms with E-state index in [1.165, 1.54) is 5.69 Å². The van der Waals surface area contributed by atoms with Crippen molar-refractivity contribution >= 4 is 17.3 Å². The summed E-state index contributed by atoms with van der Waals surface area (Å²) in [5.74, 6) is -0.00424. The normalized spacial score (nSPS) is 37.5. The summed E-state index contributed by atoms with van der Waals surface area (Å²) in [6, 6.07) is 8.68. The van der Waals surface area contributed by atoms with Crippen LogP contribution < -0.4 is 31.5 Å². The highest BCUT2D eigenvalue weighted by atomic mass is 16.3. The third-order valence-corrected chi connectivity index (χ3v) is 8.98. The second kappa shape index (κ2) is 11.1. The van der Waals surface area contributed by atoms with E-state index in [-0.39, 0.29) is 36.5 Å². The van der Waals surface area contributed by atoms with Crippen LogP contribution in [0.1, 0.15) is 45.4 Å². The smallest absolute Gasteiger partial charge is 0.244 e. The van der Waals surface area contributed by atoms with Crippen LogP contribution >= 0.6 is 0 Å². The van der Waals surface area contributed by atoms with E-state index < -0.39 is 5.60 Å². The van der Waals surface area contributed by atoms with Crippen LogP contribution in [-0.4, -0.2) is 90.6 Å². The van der Waals surface area contributed by atoms with E-state index in [2.05, 4.69) is 72.9 Å². The van der Waals surface area contributed by atoms with E-state index in [0.29, 0.717) is 13.1 Å². The maximum Gasteiger partial charge on any atom is 0.244 e. The van der Waals surface area contributed by atoms with Crippen LogP contribution in [0.2, 0.25) is 0 Å². The van der Waals surface area contributed by atoms with Gasteiger partial charge in [-0.15, -0.1) is 0 Å². The molecule has 6 N–H and O–H groups in total.